The summed E-state index contributed by atoms with van der Waals surface area (Å²) >= 11 is 5.79. The third-order valence-corrected chi connectivity index (χ3v) is 4.58. The van der Waals surface area contributed by atoms with Gasteiger partial charge in [-0.05, 0) is 29.7 Å². The van der Waals surface area contributed by atoms with Crippen molar-refractivity contribution in [3.05, 3.63) is 70.7 Å². The first-order chi connectivity index (χ1) is 12.7. The smallest absolute Gasteiger partial charge is 0.362 e. The molecule has 1 aliphatic rings. The number of hydrazone groups is 1. The second kappa shape index (κ2) is 7.32. The lowest BCUT2D eigenvalue weighted by Crippen LogP contribution is -2.56. The molecule has 1 amide bonds. The Kier molecular flexibility index (Phi) is 5.26. The lowest BCUT2D eigenvalue weighted by molar-refractivity contribution is -0.302. The molecule has 2 aromatic rings. The maximum Gasteiger partial charge on any atom is 0.438 e. The molecular weight excluding hydrogens is 381 g/mol. The van der Waals surface area contributed by atoms with Crippen LogP contribution in [0.25, 0.3) is 0 Å². The van der Waals surface area contributed by atoms with Gasteiger partial charge in [0.15, 0.2) is 0 Å². The fourth-order valence-electron chi connectivity index (χ4n) is 2.83. The Bertz CT molecular complexity index is 854. The van der Waals surface area contributed by atoms with Crippen molar-refractivity contribution in [2.75, 3.05) is 0 Å². The highest BCUT2D eigenvalue weighted by atomic mass is 35.5. The number of hydrogen-bond acceptors (Lipinski definition) is 3. The molecule has 0 saturated carbocycles. The molecule has 4 nitrogen and oxygen atoms in total. The zero-order valence-electron chi connectivity index (χ0n) is 14.1. The molecular formula is C19H16ClF3N2O2. The first kappa shape index (κ1) is 19.4. The molecule has 1 atom stereocenters. The van der Waals surface area contributed by atoms with Gasteiger partial charge in [0.2, 0.25) is 5.91 Å². The SMILES string of the molecule is O=C(CCc1ccccc1)N1N=C(c2ccc(Cl)cc2)C[C@]1(O)C(F)(F)F. The molecule has 1 N–H and O–H groups in total. The Morgan fingerprint density at radius 1 is 1.15 bits per heavy atom. The molecule has 1 aliphatic heterocycles. The summed E-state index contributed by atoms with van der Waals surface area (Å²) in [5, 5.41) is 14.7. The molecule has 1 heterocycles. The number of alkyl halides is 3. The molecule has 0 spiro atoms. The largest absolute Gasteiger partial charge is 0.438 e. The number of benzene rings is 2. The molecule has 0 fully saturated rings. The fourth-order valence-corrected chi connectivity index (χ4v) is 2.96. The Balaban J connectivity index is 1.85. The van der Waals surface area contributed by atoms with Gasteiger partial charge in [-0.3, -0.25) is 4.79 Å². The van der Waals surface area contributed by atoms with Gasteiger partial charge in [-0.15, -0.1) is 0 Å². The van der Waals surface area contributed by atoms with Crippen LogP contribution in [0.2, 0.25) is 5.02 Å². The minimum atomic E-state index is -5.05. The maximum atomic E-state index is 13.5. The molecule has 0 saturated heterocycles. The summed E-state index contributed by atoms with van der Waals surface area (Å²) in [6.45, 7) is 0. The van der Waals surface area contributed by atoms with Crippen molar-refractivity contribution in [3.8, 4) is 0 Å². The van der Waals surface area contributed by atoms with Crippen molar-refractivity contribution in [2.45, 2.75) is 31.2 Å². The Morgan fingerprint density at radius 3 is 2.37 bits per heavy atom. The number of aliphatic hydroxyl groups is 1. The van der Waals surface area contributed by atoms with Crippen molar-refractivity contribution in [3.63, 3.8) is 0 Å². The van der Waals surface area contributed by atoms with E-state index >= 15 is 0 Å². The van der Waals surface area contributed by atoms with E-state index in [0.717, 1.165) is 5.56 Å². The van der Waals surface area contributed by atoms with E-state index in [-0.39, 0.29) is 23.6 Å². The van der Waals surface area contributed by atoms with E-state index in [2.05, 4.69) is 5.10 Å². The minimum Gasteiger partial charge on any atom is -0.362 e. The van der Waals surface area contributed by atoms with Gasteiger partial charge in [-0.2, -0.15) is 23.3 Å². The number of hydrogen-bond donors (Lipinski definition) is 1. The van der Waals surface area contributed by atoms with Gasteiger partial charge in [0.05, 0.1) is 12.1 Å². The summed E-state index contributed by atoms with van der Waals surface area (Å²) in [6.07, 6.45) is -5.85. The van der Waals surface area contributed by atoms with Crippen LogP contribution in [0.5, 0.6) is 0 Å². The molecule has 0 radical (unpaired) electrons. The average Bonchev–Trinajstić information content (AvgIpc) is 3.00. The number of halogens is 4. The van der Waals surface area contributed by atoms with Gasteiger partial charge in [0.1, 0.15) is 0 Å². The van der Waals surface area contributed by atoms with Crippen molar-refractivity contribution in [2.24, 2.45) is 5.10 Å². The molecule has 8 heteroatoms. The topological polar surface area (TPSA) is 52.9 Å². The first-order valence-corrected chi connectivity index (χ1v) is 8.58. The van der Waals surface area contributed by atoms with Crippen LogP contribution in [0.15, 0.2) is 59.7 Å². The summed E-state index contributed by atoms with van der Waals surface area (Å²) < 4.78 is 40.6. The number of amides is 1. The van der Waals surface area contributed by atoms with Crippen LogP contribution >= 0.6 is 11.6 Å². The molecule has 2 aromatic carbocycles. The number of nitrogens with zero attached hydrogens (tertiary/aromatic N) is 2. The fraction of sp³-hybridized carbons (Fsp3) is 0.263. The number of carbonyl (C=O) groups excluding carboxylic acids is 1. The molecule has 0 bridgehead atoms. The highest BCUT2D eigenvalue weighted by molar-refractivity contribution is 6.30. The third-order valence-electron chi connectivity index (χ3n) is 4.32. The Morgan fingerprint density at radius 2 is 1.78 bits per heavy atom. The van der Waals surface area contributed by atoms with E-state index in [4.69, 9.17) is 11.6 Å². The first-order valence-electron chi connectivity index (χ1n) is 8.20. The molecule has 3 rings (SSSR count). The van der Waals surface area contributed by atoms with Crippen LogP contribution in [0.4, 0.5) is 13.2 Å². The zero-order valence-corrected chi connectivity index (χ0v) is 14.8. The van der Waals surface area contributed by atoms with Gasteiger partial charge in [0.25, 0.3) is 5.72 Å². The lowest BCUT2D eigenvalue weighted by atomic mass is 10.0. The van der Waals surface area contributed by atoms with Gasteiger partial charge in [-0.25, -0.2) is 0 Å². The summed E-state index contributed by atoms with van der Waals surface area (Å²) in [5.41, 5.74) is -2.22. The van der Waals surface area contributed by atoms with Gasteiger partial charge < -0.3 is 5.11 Å². The van der Waals surface area contributed by atoms with E-state index < -0.39 is 24.2 Å². The van der Waals surface area contributed by atoms with Crippen LogP contribution in [0.3, 0.4) is 0 Å². The van der Waals surface area contributed by atoms with Crippen LogP contribution in [0.1, 0.15) is 24.0 Å². The minimum absolute atomic E-state index is 0.0282. The average molecular weight is 397 g/mol. The number of carbonyl (C=O) groups is 1. The predicted molar refractivity (Wildman–Crippen MR) is 95.2 cm³/mol. The van der Waals surface area contributed by atoms with Crippen LogP contribution in [-0.2, 0) is 11.2 Å². The van der Waals surface area contributed by atoms with E-state index in [1.54, 1.807) is 30.3 Å². The third kappa shape index (κ3) is 3.99. The van der Waals surface area contributed by atoms with Crippen LogP contribution in [-0.4, -0.2) is 33.6 Å². The molecule has 0 aromatic heterocycles. The van der Waals surface area contributed by atoms with Crippen molar-refractivity contribution < 1.29 is 23.1 Å². The van der Waals surface area contributed by atoms with Crippen molar-refractivity contribution >= 4 is 23.2 Å². The maximum absolute atomic E-state index is 13.5. The predicted octanol–water partition coefficient (Wildman–Crippen LogP) is 4.16. The van der Waals surface area contributed by atoms with E-state index in [1.165, 1.54) is 24.3 Å². The van der Waals surface area contributed by atoms with Crippen molar-refractivity contribution in [1.82, 2.24) is 5.01 Å². The quantitative estimate of drug-likeness (QED) is 0.843. The standard InChI is InChI=1S/C19H16ClF3N2O2/c20-15-9-7-14(8-10-15)16-12-18(27,19(21,22)23)25(24-16)17(26)11-6-13-4-2-1-3-5-13/h1-5,7-10,27H,6,11-12H2/t18-/m0/s1. The summed E-state index contributed by atoms with van der Waals surface area (Å²) in [6, 6.07) is 14.9. The Labute approximate surface area is 158 Å². The van der Waals surface area contributed by atoms with Crippen LogP contribution < -0.4 is 0 Å². The molecule has 27 heavy (non-hydrogen) atoms. The summed E-state index contributed by atoms with van der Waals surface area (Å²) in [4.78, 5) is 12.4. The van der Waals surface area contributed by atoms with E-state index in [1.807, 2.05) is 0 Å². The summed E-state index contributed by atoms with van der Waals surface area (Å²) in [5.74, 6) is -0.900. The number of aryl methyl sites for hydroxylation is 1. The normalized spacial score (nSPS) is 19.9. The molecule has 142 valence electrons. The summed E-state index contributed by atoms with van der Waals surface area (Å²) in [7, 11) is 0. The Hall–Kier alpha value is -2.38. The highest BCUT2D eigenvalue weighted by Crippen LogP contribution is 2.41. The van der Waals surface area contributed by atoms with E-state index in [9.17, 15) is 23.1 Å². The second-order valence-electron chi connectivity index (χ2n) is 6.24. The monoisotopic (exact) mass is 396 g/mol. The highest BCUT2D eigenvalue weighted by Gasteiger charge is 2.63. The van der Waals surface area contributed by atoms with Gasteiger partial charge >= 0.3 is 6.18 Å². The molecule has 0 unspecified atom stereocenters. The van der Waals surface area contributed by atoms with Gasteiger partial charge in [0, 0.05) is 11.4 Å². The second-order valence-corrected chi connectivity index (χ2v) is 6.67. The lowest BCUT2D eigenvalue weighted by Gasteiger charge is -2.32. The van der Waals surface area contributed by atoms with Crippen molar-refractivity contribution in [1.29, 1.82) is 0 Å². The number of rotatable bonds is 4. The van der Waals surface area contributed by atoms with E-state index in [0.29, 0.717) is 10.6 Å². The molecule has 0 aliphatic carbocycles. The zero-order chi connectivity index (χ0) is 19.7. The van der Waals surface area contributed by atoms with Crippen LogP contribution in [0, 0.1) is 0 Å². The van der Waals surface area contributed by atoms with Gasteiger partial charge in [-0.1, -0.05) is 54.1 Å².